The third kappa shape index (κ3) is 4.46. The number of nitrogens with zero attached hydrogens (tertiary/aromatic N) is 4. The lowest BCUT2D eigenvalue weighted by Gasteiger charge is -2.25. The van der Waals surface area contributed by atoms with Crippen molar-refractivity contribution >= 4 is 8.25 Å². The number of hydrogen-bond acceptors (Lipinski definition) is 7. The van der Waals surface area contributed by atoms with E-state index in [1.165, 1.54) is 13.1 Å². The van der Waals surface area contributed by atoms with Gasteiger partial charge in [-0.1, -0.05) is 0 Å². The van der Waals surface area contributed by atoms with Gasteiger partial charge in [-0.05, 0) is 17.6 Å². The van der Waals surface area contributed by atoms with Crippen LogP contribution in [0.25, 0.3) is 10.4 Å². The van der Waals surface area contributed by atoms with Crippen molar-refractivity contribution < 1.29 is 29.3 Å². The van der Waals surface area contributed by atoms with E-state index in [-0.39, 0.29) is 12.0 Å². The van der Waals surface area contributed by atoms with E-state index in [0.29, 0.717) is 0 Å². The van der Waals surface area contributed by atoms with Gasteiger partial charge < -0.3 is 14.9 Å². The molecule has 0 saturated carbocycles. The SMILES string of the molecule is Cc1cn([C@@]2(N=[N+]=[N-])C[C@H](O)[C@@H](CO)O2)c(=O)[nH]c1=O.O=[P+](O)O. The van der Waals surface area contributed by atoms with Gasteiger partial charge >= 0.3 is 13.9 Å². The maximum absolute atomic E-state index is 11.9. The Bertz CT molecular complexity index is 767. The molecule has 2 rings (SSSR count). The maximum Gasteiger partial charge on any atom is 0.692 e. The number of H-pyrrole nitrogens is 1. The molecule has 1 fully saturated rings. The Hall–Kier alpha value is -2.11. The second-order valence-corrected chi connectivity index (χ2v) is 5.24. The van der Waals surface area contributed by atoms with Gasteiger partial charge in [0.05, 0.1) is 12.7 Å². The Morgan fingerprint density at radius 3 is 2.62 bits per heavy atom. The third-order valence-electron chi connectivity index (χ3n) is 3.12. The van der Waals surface area contributed by atoms with Crippen LogP contribution in [-0.2, 0) is 15.2 Å². The molecule has 1 aromatic heterocycles. The van der Waals surface area contributed by atoms with E-state index in [0.717, 1.165) is 4.57 Å². The van der Waals surface area contributed by atoms with Gasteiger partial charge in [0.2, 0.25) is 5.85 Å². The standard InChI is InChI=1S/C10H13N5O5.HO3P/c1-5-3-15(9(19)12-8(5)18)10(13-14-11)2-6(17)7(4-16)20-10;1-4(2)3/h3,6-7,16-17H,2,4H2,1H3,(H,12,18,19);(H-,1,2,3)/p+1/t6-,7+,10-;/m0./s1. The van der Waals surface area contributed by atoms with Gasteiger partial charge in [0, 0.05) is 27.7 Å². The first-order valence-electron chi connectivity index (χ1n) is 6.38. The molecule has 1 saturated heterocycles. The number of aromatic amines is 1. The number of aliphatic hydroxyl groups excluding tert-OH is 2. The van der Waals surface area contributed by atoms with E-state index >= 15 is 0 Å². The van der Waals surface area contributed by atoms with Crippen LogP contribution in [0.15, 0.2) is 20.9 Å². The van der Waals surface area contributed by atoms with Crippen molar-refractivity contribution in [3.63, 3.8) is 0 Å². The molecule has 2 heterocycles. The lowest BCUT2D eigenvalue weighted by molar-refractivity contribution is -0.115. The number of ether oxygens (including phenoxy) is 1. The first-order valence-corrected chi connectivity index (χ1v) is 7.54. The van der Waals surface area contributed by atoms with E-state index in [1.807, 2.05) is 0 Å². The van der Waals surface area contributed by atoms with Crippen LogP contribution >= 0.6 is 8.25 Å². The first-order chi connectivity index (χ1) is 11.2. The number of aliphatic hydroxyl groups is 2. The number of aryl methyl sites for hydroxylation is 1. The zero-order valence-electron chi connectivity index (χ0n) is 12.3. The Morgan fingerprint density at radius 1 is 1.58 bits per heavy atom. The van der Waals surface area contributed by atoms with Gasteiger partial charge in [0.25, 0.3) is 5.56 Å². The van der Waals surface area contributed by atoms with Gasteiger partial charge in [-0.15, -0.1) is 9.79 Å². The fourth-order valence-corrected chi connectivity index (χ4v) is 2.10. The van der Waals surface area contributed by atoms with Crippen molar-refractivity contribution in [2.75, 3.05) is 6.61 Å². The average Bonchev–Trinajstić information content (AvgIpc) is 2.79. The van der Waals surface area contributed by atoms with E-state index < -0.39 is 44.2 Å². The van der Waals surface area contributed by atoms with Crippen molar-refractivity contribution in [3.05, 3.63) is 43.0 Å². The quantitative estimate of drug-likeness (QED) is 0.184. The normalized spacial score (nSPS) is 25.4. The highest BCUT2D eigenvalue weighted by molar-refractivity contribution is 7.30. The molecule has 1 aliphatic heterocycles. The molecular formula is C10H15N5O8P+. The van der Waals surface area contributed by atoms with Crippen LogP contribution in [0.1, 0.15) is 12.0 Å². The summed E-state index contributed by atoms with van der Waals surface area (Å²) < 4.78 is 14.9. The van der Waals surface area contributed by atoms with Crippen LogP contribution in [0.5, 0.6) is 0 Å². The van der Waals surface area contributed by atoms with E-state index in [1.54, 1.807) is 0 Å². The zero-order chi connectivity index (χ0) is 18.5. The highest BCUT2D eigenvalue weighted by atomic mass is 31.1. The summed E-state index contributed by atoms with van der Waals surface area (Å²) in [6, 6.07) is 0. The maximum atomic E-state index is 11.9. The van der Waals surface area contributed by atoms with Crippen molar-refractivity contribution in [3.8, 4) is 0 Å². The van der Waals surface area contributed by atoms with Crippen LogP contribution in [-0.4, -0.2) is 48.4 Å². The molecule has 1 aliphatic rings. The summed E-state index contributed by atoms with van der Waals surface area (Å²) in [5, 5.41) is 22.3. The Morgan fingerprint density at radius 2 is 2.17 bits per heavy atom. The molecule has 24 heavy (non-hydrogen) atoms. The summed E-state index contributed by atoms with van der Waals surface area (Å²) in [4.78, 5) is 42.1. The van der Waals surface area contributed by atoms with Crippen LogP contribution in [0.2, 0.25) is 0 Å². The van der Waals surface area contributed by atoms with Crippen molar-refractivity contribution in [1.82, 2.24) is 9.55 Å². The summed E-state index contributed by atoms with van der Waals surface area (Å²) in [6.45, 7) is 0.967. The molecule has 0 spiro atoms. The fourth-order valence-electron chi connectivity index (χ4n) is 2.10. The minimum absolute atomic E-state index is 0.211. The number of aromatic nitrogens is 2. The molecule has 13 nitrogen and oxygen atoms in total. The zero-order valence-corrected chi connectivity index (χ0v) is 13.2. The van der Waals surface area contributed by atoms with Gasteiger partial charge in [-0.25, -0.2) is 4.79 Å². The molecule has 3 atom stereocenters. The predicted molar refractivity (Wildman–Crippen MR) is 77.8 cm³/mol. The topological polar surface area (TPSA) is 211 Å². The number of azide groups is 1. The first kappa shape index (κ1) is 19.9. The van der Waals surface area contributed by atoms with Gasteiger partial charge in [0.15, 0.2) is 0 Å². The number of nitrogens with one attached hydrogen (secondary N) is 1. The van der Waals surface area contributed by atoms with Crippen LogP contribution in [0.4, 0.5) is 0 Å². The summed E-state index contributed by atoms with van der Waals surface area (Å²) in [6.07, 6.45) is -1.13. The van der Waals surface area contributed by atoms with Gasteiger partial charge in [-0.2, -0.15) is 0 Å². The molecule has 0 amide bonds. The highest BCUT2D eigenvalue weighted by Crippen LogP contribution is 2.35. The van der Waals surface area contributed by atoms with E-state index in [2.05, 4.69) is 15.0 Å². The summed E-state index contributed by atoms with van der Waals surface area (Å²) in [5.41, 5.74) is 7.47. The minimum Gasteiger partial charge on any atom is -0.394 e. The van der Waals surface area contributed by atoms with Crippen molar-refractivity contribution in [2.24, 2.45) is 5.11 Å². The smallest absolute Gasteiger partial charge is 0.394 e. The molecule has 5 N–H and O–H groups in total. The highest BCUT2D eigenvalue weighted by Gasteiger charge is 2.47. The third-order valence-corrected chi connectivity index (χ3v) is 3.12. The largest absolute Gasteiger partial charge is 0.692 e. The molecule has 0 bridgehead atoms. The Balaban J connectivity index is 0.000000648. The van der Waals surface area contributed by atoms with Crippen molar-refractivity contribution in [2.45, 2.75) is 31.4 Å². The molecule has 0 radical (unpaired) electrons. The van der Waals surface area contributed by atoms with Crippen molar-refractivity contribution in [1.29, 1.82) is 0 Å². The number of hydrogen-bond donors (Lipinski definition) is 5. The van der Waals surface area contributed by atoms with Crippen LogP contribution < -0.4 is 11.2 Å². The minimum atomic E-state index is -2.87. The summed E-state index contributed by atoms with van der Waals surface area (Å²) in [5.74, 6) is -1.81. The average molecular weight is 364 g/mol. The van der Waals surface area contributed by atoms with Crippen LogP contribution in [0.3, 0.4) is 0 Å². The van der Waals surface area contributed by atoms with E-state index in [9.17, 15) is 14.7 Å². The second-order valence-electron chi connectivity index (χ2n) is 4.74. The molecule has 14 heteroatoms. The molecule has 0 aromatic carbocycles. The summed E-state index contributed by atoms with van der Waals surface area (Å²) >= 11 is 0. The van der Waals surface area contributed by atoms with Crippen LogP contribution in [0, 0.1) is 6.92 Å². The summed E-state index contributed by atoms with van der Waals surface area (Å²) in [7, 11) is -2.87. The second kappa shape index (κ2) is 8.13. The van der Waals surface area contributed by atoms with Gasteiger partial charge in [-0.3, -0.25) is 14.3 Å². The lowest BCUT2D eigenvalue weighted by Crippen LogP contribution is -2.43. The Kier molecular flexibility index (Phi) is 6.75. The predicted octanol–water partition coefficient (Wildman–Crippen LogP) is -1.46. The molecule has 132 valence electrons. The molecular weight excluding hydrogens is 349 g/mol. The monoisotopic (exact) mass is 364 g/mol. The number of rotatable bonds is 3. The Labute approximate surface area is 134 Å². The molecule has 1 aromatic rings. The van der Waals surface area contributed by atoms with E-state index in [4.69, 9.17) is 29.7 Å². The molecule has 0 aliphatic carbocycles. The lowest BCUT2D eigenvalue weighted by atomic mass is 10.1. The molecule has 0 unspecified atom stereocenters. The fraction of sp³-hybridized carbons (Fsp3) is 0.600. The van der Waals surface area contributed by atoms with Gasteiger partial charge in [0.1, 0.15) is 6.10 Å².